The highest BCUT2D eigenvalue weighted by Crippen LogP contribution is 2.33. The van der Waals surface area contributed by atoms with Crippen molar-refractivity contribution in [1.82, 2.24) is 4.90 Å². The Balaban J connectivity index is 2.16. The number of allylic oxidation sites excluding steroid dienone is 1. The standard InChI is InChI=1S/C22H27F3N2O3/c1-14-6-7-18(22(23,24)25)13-20(14)26-21(28)27-10-8-17(15(2)16(27)3)12-19(30-5)9-11-29-4/h6-7,9,12-13,16H,2,8,10-11H2,1,3-5H3,(H,26,28)/b17-12-,19-9+. The van der Waals surface area contributed by atoms with Crippen LogP contribution in [0.2, 0.25) is 0 Å². The highest BCUT2D eigenvalue weighted by molar-refractivity contribution is 5.91. The summed E-state index contributed by atoms with van der Waals surface area (Å²) in [5.74, 6) is 0.637. The van der Waals surface area contributed by atoms with Crippen molar-refractivity contribution in [3.8, 4) is 0 Å². The van der Waals surface area contributed by atoms with E-state index >= 15 is 0 Å². The van der Waals surface area contributed by atoms with Gasteiger partial charge in [-0.3, -0.25) is 0 Å². The van der Waals surface area contributed by atoms with Gasteiger partial charge in [0.2, 0.25) is 0 Å². The van der Waals surface area contributed by atoms with Gasteiger partial charge in [-0.1, -0.05) is 12.6 Å². The lowest BCUT2D eigenvalue weighted by atomic mass is 9.92. The molecule has 1 heterocycles. The van der Waals surface area contributed by atoms with Gasteiger partial charge in [0.25, 0.3) is 0 Å². The van der Waals surface area contributed by atoms with Crippen LogP contribution in [0.3, 0.4) is 0 Å². The normalized spacial score (nSPS) is 19.2. The molecule has 2 rings (SSSR count). The number of hydrogen-bond acceptors (Lipinski definition) is 3. The van der Waals surface area contributed by atoms with Crippen molar-refractivity contribution in [2.75, 3.05) is 32.7 Å². The number of urea groups is 1. The number of nitrogens with one attached hydrogen (secondary N) is 1. The van der Waals surface area contributed by atoms with Gasteiger partial charge in [0.1, 0.15) is 5.76 Å². The summed E-state index contributed by atoms with van der Waals surface area (Å²) in [7, 11) is 3.14. The molecule has 1 unspecified atom stereocenters. The second-order valence-electron chi connectivity index (χ2n) is 7.04. The van der Waals surface area contributed by atoms with Crippen LogP contribution in [-0.2, 0) is 15.7 Å². The van der Waals surface area contributed by atoms with Crippen LogP contribution < -0.4 is 5.32 Å². The molecule has 1 saturated heterocycles. The lowest BCUT2D eigenvalue weighted by molar-refractivity contribution is -0.137. The molecule has 1 aliphatic rings. The summed E-state index contributed by atoms with van der Waals surface area (Å²) in [6, 6.07) is 2.51. The monoisotopic (exact) mass is 424 g/mol. The number of likely N-dealkylation sites (tertiary alicyclic amines) is 1. The fourth-order valence-corrected chi connectivity index (χ4v) is 3.15. The number of carbonyl (C=O) groups is 1. The van der Waals surface area contributed by atoms with Crippen molar-refractivity contribution in [1.29, 1.82) is 0 Å². The first-order chi connectivity index (χ1) is 14.1. The molecule has 0 saturated carbocycles. The lowest BCUT2D eigenvalue weighted by Gasteiger charge is -2.36. The second kappa shape index (κ2) is 9.84. The highest BCUT2D eigenvalue weighted by atomic mass is 19.4. The Morgan fingerprint density at radius 2 is 2.07 bits per heavy atom. The SMILES string of the molecule is C=C1/C(=C\C(=C/COC)OC)CCN(C(=O)Nc2cc(C(F)(F)F)ccc2C)C1C. The molecule has 2 amide bonds. The van der Waals surface area contributed by atoms with Gasteiger partial charge >= 0.3 is 12.2 Å². The minimum Gasteiger partial charge on any atom is -0.497 e. The first-order valence-corrected chi connectivity index (χ1v) is 9.46. The number of hydrogen-bond donors (Lipinski definition) is 1. The quantitative estimate of drug-likeness (QED) is 0.653. The summed E-state index contributed by atoms with van der Waals surface area (Å²) < 4.78 is 49.3. The molecule has 5 nitrogen and oxygen atoms in total. The van der Waals surface area contributed by atoms with E-state index in [1.807, 2.05) is 13.0 Å². The van der Waals surface area contributed by atoms with Crippen LogP contribution in [0, 0.1) is 6.92 Å². The summed E-state index contributed by atoms with van der Waals surface area (Å²) in [5, 5.41) is 2.61. The third-order valence-electron chi connectivity index (χ3n) is 5.08. The largest absolute Gasteiger partial charge is 0.497 e. The van der Waals surface area contributed by atoms with Crippen molar-refractivity contribution in [3.05, 3.63) is 65.0 Å². The molecule has 1 aliphatic heterocycles. The predicted octanol–water partition coefficient (Wildman–Crippen LogP) is 5.30. The molecule has 1 aromatic rings. The zero-order chi connectivity index (χ0) is 22.5. The predicted molar refractivity (Wildman–Crippen MR) is 110 cm³/mol. The molecule has 0 aliphatic carbocycles. The molecule has 0 radical (unpaired) electrons. The number of nitrogens with zero attached hydrogens (tertiary/aromatic N) is 1. The maximum atomic E-state index is 13.0. The number of ether oxygens (including phenoxy) is 2. The maximum Gasteiger partial charge on any atom is 0.416 e. The van der Waals surface area contributed by atoms with E-state index in [2.05, 4.69) is 11.9 Å². The van der Waals surface area contributed by atoms with Gasteiger partial charge < -0.3 is 19.7 Å². The van der Waals surface area contributed by atoms with Crippen LogP contribution in [0.5, 0.6) is 0 Å². The first-order valence-electron chi connectivity index (χ1n) is 9.46. The molecule has 0 aromatic heterocycles. The highest BCUT2D eigenvalue weighted by Gasteiger charge is 2.32. The molecular formula is C22H27F3N2O3. The van der Waals surface area contributed by atoms with E-state index in [-0.39, 0.29) is 11.7 Å². The van der Waals surface area contributed by atoms with Gasteiger partial charge in [0.05, 0.1) is 25.3 Å². The maximum absolute atomic E-state index is 13.0. The van der Waals surface area contributed by atoms with Crippen LogP contribution in [0.4, 0.5) is 23.7 Å². The average Bonchev–Trinajstić information content (AvgIpc) is 2.69. The number of rotatable bonds is 5. The van der Waals surface area contributed by atoms with Gasteiger partial charge in [0.15, 0.2) is 0 Å². The van der Waals surface area contributed by atoms with Crippen LogP contribution in [0.1, 0.15) is 24.5 Å². The van der Waals surface area contributed by atoms with Gasteiger partial charge in [-0.05, 0) is 61.3 Å². The molecule has 1 N–H and O–H groups in total. The molecule has 1 atom stereocenters. The number of aryl methyl sites for hydroxylation is 1. The van der Waals surface area contributed by atoms with Crippen molar-refractivity contribution in [2.24, 2.45) is 0 Å². The van der Waals surface area contributed by atoms with E-state index in [0.717, 1.165) is 23.3 Å². The molecule has 0 bridgehead atoms. The minimum absolute atomic E-state index is 0.137. The van der Waals surface area contributed by atoms with Gasteiger partial charge in [-0.15, -0.1) is 0 Å². The Morgan fingerprint density at radius 3 is 2.67 bits per heavy atom. The van der Waals surface area contributed by atoms with Crippen molar-refractivity contribution < 1.29 is 27.4 Å². The number of benzene rings is 1. The van der Waals surface area contributed by atoms with Crippen LogP contribution >= 0.6 is 0 Å². The minimum atomic E-state index is -4.48. The summed E-state index contributed by atoms with van der Waals surface area (Å²) in [4.78, 5) is 14.3. The Hall–Kier alpha value is -2.74. The number of methoxy groups -OCH3 is 2. The fraction of sp³-hybridized carbons (Fsp3) is 0.409. The lowest BCUT2D eigenvalue weighted by Crippen LogP contribution is -2.46. The zero-order valence-corrected chi connectivity index (χ0v) is 17.6. The van der Waals surface area contributed by atoms with E-state index in [1.165, 1.54) is 6.07 Å². The zero-order valence-electron chi connectivity index (χ0n) is 17.6. The summed E-state index contributed by atoms with van der Waals surface area (Å²) in [5.41, 5.74) is 1.58. The van der Waals surface area contributed by atoms with Crippen LogP contribution in [0.25, 0.3) is 0 Å². The number of alkyl halides is 3. The van der Waals surface area contributed by atoms with E-state index in [4.69, 9.17) is 9.47 Å². The summed E-state index contributed by atoms with van der Waals surface area (Å²) >= 11 is 0. The third kappa shape index (κ3) is 5.66. The van der Waals surface area contributed by atoms with E-state index in [0.29, 0.717) is 30.9 Å². The van der Waals surface area contributed by atoms with Crippen LogP contribution in [-0.4, -0.2) is 44.3 Å². The third-order valence-corrected chi connectivity index (χ3v) is 5.08. The topological polar surface area (TPSA) is 50.8 Å². The van der Waals surface area contributed by atoms with E-state index in [9.17, 15) is 18.0 Å². The molecule has 0 spiro atoms. The molecular weight excluding hydrogens is 397 g/mol. The second-order valence-corrected chi connectivity index (χ2v) is 7.04. The number of amides is 2. The van der Waals surface area contributed by atoms with Crippen LogP contribution in [0.15, 0.2) is 53.8 Å². The fourth-order valence-electron chi connectivity index (χ4n) is 3.15. The number of piperidine rings is 1. The number of carbonyl (C=O) groups excluding carboxylic acids is 1. The Kier molecular flexibility index (Phi) is 7.72. The molecule has 1 aromatic carbocycles. The first kappa shape index (κ1) is 23.5. The Bertz CT molecular complexity index is 860. The Morgan fingerprint density at radius 1 is 1.37 bits per heavy atom. The molecule has 8 heteroatoms. The average molecular weight is 424 g/mol. The number of halogens is 3. The van der Waals surface area contributed by atoms with E-state index in [1.54, 1.807) is 32.1 Å². The molecule has 30 heavy (non-hydrogen) atoms. The van der Waals surface area contributed by atoms with E-state index < -0.39 is 17.8 Å². The van der Waals surface area contributed by atoms with Gasteiger partial charge in [-0.25, -0.2) is 4.79 Å². The van der Waals surface area contributed by atoms with Crippen molar-refractivity contribution in [3.63, 3.8) is 0 Å². The Labute approximate surface area is 174 Å². The van der Waals surface area contributed by atoms with Gasteiger partial charge in [-0.2, -0.15) is 13.2 Å². The molecule has 164 valence electrons. The van der Waals surface area contributed by atoms with Crippen molar-refractivity contribution in [2.45, 2.75) is 32.5 Å². The van der Waals surface area contributed by atoms with Gasteiger partial charge in [0, 0.05) is 19.3 Å². The summed E-state index contributed by atoms with van der Waals surface area (Å²) in [6.07, 6.45) is -0.273. The molecule has 1 fully saturated rings. The summed E-state index contributed by atoms with van der Waals surface area (Å²) in [6.45, 7) is 8.38. The smallest absolute Gasteiger partial charge is 0.416 e. The number of anilines is 1. The van der Waals surface area contributed by atoms with Crippen molar-refractivity contribution >= 4 is 11.7 Å².